The predicted molar refractivity (Wildman–Crippen MR) is 65.4 cm³/mol. The fraction of sp³-hybridized carbons (Fsp3) is 0.200. The molecule has 0 spiro atoms. The van der Waals surface area contributed by atoms with Gasteiger partial charge in [-0.05, 0) is 18.2 Å². The maximum absolute atomic E-state index is 5.90. The van der Waals surface area contributed by atoms with E-state index in [1.54, 1.807) is 18.4 Å². The Bertz CT molecular complexity index is 466. The van der Waals surface area contributed by atoms with Crippen LogP contribution in [0.25, 0.3) is 10.1 Å². The summed E-state index contributed by atoms with van der Waals surface area (Å²) in [5.74, 6) is 0.873. The molecule has 0 unspecified atom stereocenters. The molecule has 14 heavy (non-hydrogen) atoms. The largest absolute Gasteiger partial charge is 0.497 e. The monoisotopic (exact) mass is 271 g/mol. The van der Waals surface area contributed by atoms with Crippen molar-refractivity contribution in [2.45, 2.75) is 5.33 Å². The van der Waals surface area contributed by atoms with E-state index in [-0.39, 0.29) is 0 Å². The first-order valence-electron chi connectivity index (χ1n) is 4.17. The van der Waals surface area contributed by atoms with Gasteiger partial charge in [-0.15, -0.1) is 11.3 Å². The Morgan fingerprint density at radius 1 is 1.50 bits per heavy atom. The molecule has 2 N–H and O–H groups in total. The molecule has 0 radical (unpaired) electrons. The zero-order valence-electron chi connectivity index (χ0n) is 7.71. The second kappa shape index (κ2) is 3.79. The number of hydrogen-bond acceptors (Lipinski definition) is 3. The van der Waals surface area contributed by atoms with E-state index in [0.29, 0.717) is 0 Å². The van der Waals surface area contributed by atoms with E-state index in [4.69, 9.17) is 10.5 Å². The molecule has 0 aliphatic rings. The van der Waals surface area contributed by atoms with Crippen LogP contribution >= 0.6 is 27.3 Å². The molecule has 0 saturated heterocycles. The minimum Gasteiger partial charge on any atom is -0.497 e. The summed E-state index contributed by atoms with van der Waals surface area (Å²) in [7, 11) is 1.67. The van der Waals surface area contributed by atoms with E-state index in [1.807, 2.05) is 18.2 Å². The van der Waals surface area contributed by atoms with Crippen molar-refractivity contribution < 1.29 is 4.74 Å². The van der Waals surface area contributed by atoms with Crippen molar-refractivity contribution in [3.05, 3.63) is 23.8 Å². The summed E-state index contributed by atoms with van der Waals surface area (Å²) in [5, 5.41) is 2.85. The second-order valence-corrected chi connectivity index (χ2v) is 4.59. The molecule has 0 aliphatic carbocycles. The third-order valence-electron chi connectivity index (χ3n) is 2.16. The molecule has 2 nitrogen and oxygen atoms in total. The van der Waals surface area contributed by atoms with Crippen LogP contribution in [0.15, 0.2) is 18.2 Å². The minimum absolute atomic E-state index is 0.784. The fourth-order valence-corrected chi connectivity index (χ4v) is 3.17. The zero-order chi connectivity index (χ0) is 10.1. The van der Waals surface area contributed by atoms with Gasteiger partial charge in [-0.25, -0.2) is 0 Å². The van der Waals surface area contributed by atoms with E-state index in [2.05, 4.69) is 15.9 Å². The molecule has 1 heterocycles. The van der Waals surface area contributed by atoms with E-state index < -0.39 is 0 Å². The Morgan fingerprint density at radius 3 is 2.93 bits per heavy atom. The highest BCUT2D eigenvalue weighted by molar-refractivity contribution is 9.08. The Labute approximate surface area is 94.8 Å². The summed E-state index contributed by atoms with van der Waals surface area (Å²) in [4.78, 5) is 0. The van der Waals surface area contributed by atoms with Crippen molar-refractivity contribution in [1.29, 1.82) is 0 Å². The maximum Gasteiger partial charge on any atom is 0.119 e. The highest BCUT2D eigenvalue weighted by atomic mass is 79.9. The minimum atomic E-state index is 0.784. The molecule has 0 amide bonds. The Kier molecular flexibility index (Phi) is 2.65. The van der Waals surface area contributed by atoms with Crippen LogP contribution in [0, 0.1) is 0 Å². The number of rotatable bonds is 2. The lowest BCUT2D eigenvalue weighted by atomic mass is 10.2. The van der Waals surface area contributed by atoms with Gasteiger partial charge in [0.25, 0.3) is 0 Å². The maximum atomic E-state index is 5.90. The number of fused-ring (bicyclic) bond motifs is 1. The average molecular weight is 272 g/mol. The van der Waals surface area contributed by atoms with E-state index >= 15 is 0 Å². The van der Waals surface area contributed by atoms with Crippen molar-refractivity contribution >= 4 is 42.4 Å². The summed E-state index contributed by atoms with van der Waals surface area (Å²) in [6.45, 7) is 0. The highest BCUT2D eigenvalue weighted by Gasteiger charge is 2.08. The molecular weight excluding hydrogens is 262 g/mol. The second-order valence-electron chi connectivity index (χ2n) is 2.94. The lowest BCUT2D eigenvalue weighted by Gasteiger charge is -1.99. The molecule has 1 aromatic heterocycles. The average Bonchev–Trinajstić information content (AvgIpc) is 2.52. The van der Waals surface area contributed by atoms with Crippen molar-refractivity contribution in [2.24, 2.45) is 0 Å². The highest BCUT2D eigenvalue weighted by Crippen LogP contribution is 2.36. The smallest absolute Gasteiger partial charge is 0.119 e. The predicted octanol–water partition coefficient (Wildman–Crippen LogP) is 3.39. The standard InChI is InChI=1S/C10H10BrNOS/c1-13-6-2-3-9-7(4-6)8(5-11)10(12)14-9/h2-4H,5,12H2,1H3. The zero-order valence-corrected chi connectivity index (χ0v) is 10.1. The molecule has 0 atom stereocenters. The normalized spacial score (nSPS) is 10.7. The van der Waals surface area contributed by atoms with Gasteiger partial charge in [0.2, 0.25) is 0 Å². The van der Waals surface area contributed by atoms with Crippen LogP contribution in [0.2, 0.25) is 0 Å². The number of alkyl halides is 1. The van der Waals surface area contributed by atoms with Gasteiger partial charge in [-0.3, -0.25) is 0 Å². The molecule has 0 bridgehead atoms. The van der Waals surface area contributed by atoms with Gasteiger partial charge in [-0.2, -0.15) is 0 Å². The van der Waals surface area contributed by atoms with Crippen molar-refractivity contribution in [3.63, 3.8) is 0 Å². The fourth-order valence-electron chi connectivity index (χ4n) is 1.41. The lowest BCUT2D eigenvalue weighted by Crippen LogP contribution is -1.85. The Morgan fingerprint density at radius 2 is 2.29 bits per heavy atom. The number of nitrogen functional groups attached to an aromatic ring is 1. The van der Waals surface area contributed by atoms with Crippen LogP contribution < -0.4 is 10.5 Å². The molecule has 1 aromatic carbocycles. The number of thiophene rings is 1. The van der Waals surface area contributed by atoms with Crippen LogP contribution in [0.4, 0.5) is 5.00 Å². The van der Waals surface area contributed by atoms with Gasteiger partial charge >= 0.3 is 0 Å². The van der Waals surface area contributed by atoms with Gasteiger partial charge < -0.3 is 10.5 Å². The molecule has 2 aromatic rings. The Hall–Kier alpha value is -0.740. The number of anilines is 1. The van der Waals surface area contributed by atoms with Gasteiger partial charge in [0.15, 0.2) is 0 Å². The SMILES string of the molecule is COc1ccc2sc(N)c(CBr)c2c1. The van der Waals surface area contributed by atoms with Crippen LogP contribution in [0.1, 0.15) is 5.56 Å². The van der Waals surface area contributed by atoms with Crippen molar-refractivity contribution in [2.75, 3.05) is 12.8 Å². The lowest BCUT2D eigenvalue weighted by molar-refractivity contribution is 0.415. The molecule has 2 rings (SSSR count). The third-order valence-corrected chi connectivity index (χ3v) is 3.77. The van der Waals surface area contributed by atoms with Gasteiger partial charge in [0.05, 0.1) is 12.1 Å². The molecule has 0 fully saturated rings. The van der Waals surface area contributed by atoms with Gasteiger partial charge in [-0.1, -0.05) is 15.9 Å². The van der Waals surface area contributed by atoms with Crippen LogP contribution in [0.5, 0.6) is 5.75 Å². The van der Waals surface area contributed by atoms with Crippen molar-refractivity contribution in [1.82, 2.24) is 0 Å². The molecule has 4 heteroatoms. The van der Waals surface area contributed by atoms with Gasteiger partial charge in [0, 0.05) is 21.0 Å². The molecule has 0 aliphatic heterocycles. The number of ether oxygens (including phenoxy) is 1. The van der Waals surface area contributed by atoms with Crippen molar-refractivity contribution in [3.8, 4) is 5.75 Å². The molecule has 74 valence electrons. The third kappa shape index (κ3) is 1.48. The first-order chi connectivity index (χ1) is 6.76. The number of halogens is 1. The first-order valence-corrected chi connectivity index (χ1v) is 6.11. The van der Waals surface area contributed by atoms with Crippen LogP contribution in [-0.2, 0) is 5.33 Å². The number of hydrogen-bond donors (Lipinski definition) is 1. The summed E-state index contributed by atoms with van der Waals surface area (Å²) in [6, 6.07) is 6.02. The Balaban J connectivity index is 2.71. The van der Waals surface area contributed by atoms with E-state index in [1.165, 1.54) is 10.1 Å². The van der Waals surface area contributed by atoms with Crippen LogP contribution in [-0.4, -0.2) is 7.11 Å². The summed E-state index contributed by atoms with van der Waals surface area (Å²) < 4.78 is 6.39. The number of benzene rings is 1. The van der Waals surface area contributed by atoms with Gasteiger partial charge in [0.1, 0.15) is 5.75 Å². The summed E-state index contributed by atoms with van der Waals surface area (Å²) in [6.07, 6.45) is 0. The summed E-state index contributed by atoms with van der Waals surface area (Å²) >= 11 is 5.06. The number of methoxy groups -OCH3 is 1. The molecule has 0 saturated carbocycles. The summed E-state index contributed by atoms with van der Waals surface area (Å²) in [5.41, 5.74) is 7.06. The molecular formula is C10H10BrNOS. The quantitative estimate of drug-likeness (QED) is 0.850. The first kappa shape index (κ1) is 9.80. The van der Waals surface area contributed by atoms with E-state index in [0.717, 1.165) is 21.6 Å². The number of nitrogens with two attached hydrogens (primary N) is 1. The topological polar surface area (TPSA) is 35.2 Å². The van der Waals surface area contributed by atoms with Crippen LogP contribution in [0.3, 0.4) is 0 Å². The van der Waals surface area contributed by atoms with E-state index in [9.17, 15) is 0 Å².